The summed E-state index contributed by atoms with van der Waals surface area (Å²) in [5.74, 6) is 0.594. The zero-order valence-corrected chi connectivity index (χ0v) is 17.0. The van der Waals surface area contributed by atoms with E-state index in [4.69, 9.17) is 0 Å². The van der Waals surface area contributed by atoms with E-state index in [1.807, 2.05) is 56.0 Å². The van der Waals surface area contributed by atoms with E-state index in [1.165, 1.54) is 0 Å². The fourth-order valence-corrected chi connectivity index (χ4v) is 3.67. The van der Waals surface area contributed by atoms with Crippen LogP contribution in [0.5, 0.6) is 0 Å². The Labute approximate surface area is 166 Å². The lowest BCUT2D eigenvalue weighted by atomic mass is 10.0. The number of anilines is 2. The molecule has 0 aliphatic carbocycles. The summed E-state index contributed by atoms with van der Waals surface area (Å²) in [6, 6.07) is 9.74. The first-order valence-electron chi connectivity index (χ1n) is 9.73. The summed E-state index contributed by atoms with van der Waals surface area (Å²) in [6.45, 7) is 6.30. The summed E-state index contributed by atoms with van der Waals surface area (Å²) in [4.78, 5) is 20.7. The summed E-state index contributed by atoms with van der Waals surface area (Å²) in [6.07, 6.45) is 1.74. The topological polar surface area (TPSA) is 76.9 Å². The molecule has 2 atom stereocenters. The predicted molar refractivity (Wildman–Crippen MR) is 112 cm³/mol. The molecule has 0 saturated carbocycles. The maximum atomic E-state index is 12.6. The first kappa shape index (κ1) is 20.3. The predicted octanol–water partition coefficient (Wildman–Crippen LogP) is 2.61. The Balaban J connectivity index is 2.08. The molecule has 150 valence electrons. The molecule has 3 rings (SSSR count). The fourth-order valence-electron chi connectivity index (χ4n) is 3.67. The molecular formula is C22H29N3O3. The smallest absolute Gasteiger partial charge is 0.229 e. The van der Waals surface area contributed by atoms with E-state index < -0.39 is 6.10 Å². The van der Waals surface area contributed by atoms with Crippen LogP contribution in [0.2, 0.25) is 0 Å². The first-order valence-corrected chi connectivity index (χ1v) is 9.73. The highest BCUT2D eigenvalue weighted by molar-refractivity contribution is 5.98. The van der Waals surface area contributed by atoms with Crippen LogP contribution in [-0.2, 0) is 4.79 Å². The van der Waals surface area contributed by atoms with Crippen molar-refractivity contribution in [2.75, 3.05) is 30.0 Å². The van der Waals surface area contributed by atoms with Gasteiger partial charge in [0, 0.05) is 25.1 Å². The van der Waals surface area contributed by atoms with Gasteiger partial charge in [0.15, 0.2) is 0 Å². The summed E-state index contributed by atoms with van der Waals surface area (Å²) in [7, 11) is 1.77. The van der Waals surface area contributed by atoms with Gasteiger partial charge >= 0.3 is 0 Å². The minimum Gasteiger partial charge on any atom is -0.394 e. The standard InChI is InChI=1S/C22H29N3O3/c1-14(2)22(28)24(4)18-12-23-21(25-10-9-20(27)19(25)13-26)11-17(18)16-7-5-15(3)6-8-16/h5-8,11-12,14,19-20,26-27H,9-10,13H2,1-4H3. The summed E-state index contributed by atoms with van der Waals surface area (Å²) < 4.78 is 0. The zero-order valence-electron chi connectivity index (χ0n) is 17.0. The van der Waals surface area contributed by atoms with E-state index in [-0.39, 0.29) is 24.5 Å². The molecule has 2 unspecified atom stereocenters. The Bertz CT molecular complexity index is 835. The highest BCUT2D eigenvalue weighted by Crippen LogP contribution is 2.35. The van der Waals surface area contributed by atoms with Crippen molar-refractivity contribution in [3.05, 3.63) is 42.1 Å². The van der Waals surface area contributed by atoms with E-state index in [2.05, 4.69) is 4.98 Å². The van der Waals surface area contributed by atoms with E-state index >= 15 is 0 Å². The van der Waals surface area contributed by atoms with E-state index in [0.29, 0.717) is 18.8 Å². The molecule has 1 aliphatic heterocycles. The van der Waals surface area contributed by atoms with Crippen molar-refractivity contribution in [2.24, 2.45) is 5.92 Å². The van der Waals surface area contributed by atoms with Gasteiger partial charge in [0.2, 0.25) is 5.91 Å². The first-order chi connectivity index (χ1) is 13.3. The van der Waals surface area contributed by atoms with Crippen molar-refractivity contribution in [3.8, 4) is 11.1 Å². The van der Waals surface area contributed by atoms with Gasteiger partial charge < -0.3 is 20.0 Å². The normalized spacial score (nSPS) is 19.3. The van der Waals surface area contributed by atoms with Crippen molar-refractivity contribution < 1.29 is 15.0 Å². The number of rotatable bonds is 5. The Morgan fingerprint density at radius 3 is 2.61 bits per heavy atom. The number of benzene rings is 1. The van der Waals surface area contributed by atoms with Crippen LogP contribution < -0.4 is 9.80 Å². The summed E-state index contributed by atoms with van der Waals surface area (Å²) >= 11 is 0. The molecule has 6 heteroatoms. The van der Waals surface area contributed by atoms with Gasteiger partial charge in [0.1, 0.15) is 5.82 Å². The molecule has 28 heavy (non-hydrogen) atoms. The highest BCUT2D eigenvalue weighted by Gasteiger charge is 2.33. The van der Waals surface area contributed by atoms with Crippen molar-refractivity contribution in [3.63, 3.8) is 0 Å². The fraction of sp³-hybridized carbons (Fsp3) is 0.455. The van der Waals surface area contributed by atoms with Crippen LogP contribution in [0.3, 0.4) is 0 Å². The molecule has 1 aliphatic rings. The van der Waals surface area contributed by atoms with Gasteiger partial charge in [-0.2, -0.15) is 0 Å². The van der Waals surface area contributed by atoms with Gasteiger partial charge in [-0.25, -0.2) is 4.98 Å². The van der Waals surface area contributed by atoms with Crippen LogP contribution in [0.15, 0.2) is 36.5 Å². The van der Waals surface area contributed by atoms with Crippen LogP contribution >= 0.6 is 0 Å². The van der Waals surface area contributed by atoms with E-state index in [9.17, 15) is 15.0 Å². The molecule has 1 aromatic heterocycles. The number of pyridine rings is 1. The molecule has 2 heterocycles. The van der Waals surface area contributed by atoms with Gasteiger partial charge in [0.05, 0.1) is 30.6 Å². The lowest BCUT2D eigenvalue weighted by molar-refractivity contribution is -0.121. The average molecular weight is 383 g/mol. The quantitative estimate of drug-likeness (QED) is 0.830. The highest BCUT2D eigenvalue weighted by atomic mass is 16.3. The second-order valence-electron chi connectivity index (χ2n) is 7.78. The lowest BCUT2D eigenvalue weighted by Gasteiger charge is -2.28. The lowest BCUT2D eigenvalue weighted by Crippen LogP contribution is -2.38. The van der Waals surface area contributed by atoms with Gasteiger partial charge in [-0.1, -0.05) is 43.7 Å². The Morgan fingerprint density at radius 1 is 1.32 bits per heavy atom. The number of aromatic nitrogens is 1. The SMILES string of the molecule is Cc1ccc(-c2cc(N3CCC(O)C3CO)ncc2N(C)C(=O)C(C)C)cc1. The molecular weight excluding hydrogens is 354 g/mol. The number of aryl methyl sites for hydroxylation is 1. The van der Waals surface area contributed by atoms with Crippen molar-refractivity contribution >= 4 is 17.4 Å². The Hall–Kier alpha value is -2.44. The number of amides is 1. The molecule has 1 aromatic carbocycles. The molecule has 0 radical (unpaired) electrons. The molecule has 6 nitrogen and oxygen atoms in total. The van der Waals surface area contributed by atoms with E-state index in [0.717, 1.165) is 22.4 Å². The number of hydrogen-bond donors (Lipinski definition) is 2. The number of hydrogen-bond acceptors (Lipinski definition) is 5. The maximum Gasteiger partial charge on any atom is 0.229 e. The van der Waals surface area contributed by atoms with Crippen LogP contribution in [0, 0.1) is 12.8 Å². The van der Waals surface area contributed by atoms with E-state index in [1.54, 1.807) is 18.1 Å². The maximum absolute atomic E-state index is 12.6. The van der Waals surface area contributed by atoms with Crippen LogP contribution in [-0.4, -0.2) is 53.4 Å². The van der Waals surface area contributed by atoms with Crippen molar-refractivity contribution in [1.29, 1.82) is 0 Å². The minimum atomic E-state index is -0.570. The van der Waals surface area contributed by atoms with Crippen molar-refractivity contribution in [2.45, 2.75) is 39.3 Å². The number of aliphatic hydroxyl groups excluding tert-OH is 2. The summed E-state index contributed by atoms with van der Waals surface area (Å²) in [5.41, 5.74) is 3.80. The Kier molecular flexibility index (Phi) is 6.01. The molecule has 1 amide bonds. The number of nitrogens with zero attached hydrogens (tertiary/aromatic N) is 3. The van der Waals surface area contributed by atoms with Gasteiger partial charge in [-0.15, -0.1) is 0 Å². The minimum absolute atomic E-state index is 0.0211. The third-order valence-electron chi connectivity index (χ3n) is 5.41. The van der Waals surface area contributed by atoms with Gasteiger partial charge in [0.25, 0.3) is 0 Å². The zero-order chi connectivity index (χ0) is 20.4. The van der Waals surface area contributed by atoms with Crippen LogP contribution in [0.25, 0.3) is 11.1 Å². The molecule has 2 aromatic rings. The molecule has 0 spiro atoms. The number of carbonyl (C=O) groups excluding carboxylic acids is 1. The third kappa shape index (κ3) is 3.88. The average Bonchev–Trinajstić information content (AvgIpc) is 3.07. The third-order valence-corrected chi connectivity index (χ3v) is 5.41. The van der Waals surface area contributed by atoms with Crippen LogP contribution in [0.4, 0.5) is 11.5 Å². The second-order valence-corrected chi connectivity index (χ2v) is 7.78. The van der Waals surface area contributed by atoms with Crippen LogP contribution in [0.1, 0.15) is 25.8 Å². The largest absolute Gasteiger partial charge is 0.394 e. The molecule has 1 fully saturated rings. The van der Waals surface area contributed by atoms with Crippen molar-refractivity contribution in [1.82, 2.24) is 4.98 Å². The summed E-state index contributed by atoms with van der Waals surface area (Å²) in [5, 5.41) is 19.8. The molecule has 0 bridgehead atoms. The number of carbonyl (C=O) groups is 1. The van der Waals surface area contributed by atoms with Gasteiger partial charge in [-0.3, -0.25) is 4.79 Å². The monoisotopic (exact) mass is 383 g/mol. The second kappa shape index (κ2) is 8.29. The number of aliphatic hydroxyl groups is 2. The molecule has 2 N–H and O–H groups in total. The van der Waals surface area contributed by atoms with Gasteiger partial charge in [-0.05, 0) is 25.0 Å². The molecule has 1 saturated heterocycles. The Morgan fingerprint density at radius 2 is 2.00 bits per heavy atom.